The van der Waals surface area contributed by atoms with Gasteiger partial charge in [0, 0.05) is 11.7 Å². The van der Waals surface area contributed by atoms with E-state index in [0.29, 0.717) is 6.42 Å². The van der Waals surface area contributed by atoms with Crippen molar-refractivity contribution in [2.75, 3.05) is 5.32 Å². The number of rotatable bonds is 4. The molecule has 0 fully saturated rings. The van der Waals surface area contributed by atoms with Gasteiger partial charge in [0.15, 0.2) is 0 Å². The molecule has 1 atom stereocenters. The van der Waals surface area contributed by atoms with Gasteiger partial charge < -0.3 is 5.32 Å². The first-order valence-electron chi connectivity index (χ1n) is 5.38. The Morgan fingerprint density at radius 3 is 2.73 bits per heavy atom. The molecule has 0 saturated carbocycles. The second kappa shape index (κ2) is 5.41. The summed E-state index contributed by atoms with van der Waals surface area (Å²) in [6.45, 7) is 6.31. The second-order valence-corrected chi connectivity index (χ2v) is 3.86. The number of nitrogens with zero attached hydrogens (tertiary/aromatic N) is 1. The van der Waals surface area contributed by atoms with E-state index in [4.69, 9.17) is 5.26 Å². The summed E-state index contributed by atoms with van der Waals surface area (Å²) in [4.78, 5) is 0. The second-order valence-electron chi connectivity index (χ2n) is 3.86. The highest BCUT2D eigenvalue weighted by Gasteiger charge is 2.07. The Bertz CT molecular complexity index is 363. The van der Waals surface area contributed by atoms with Crippen LogP contribution in [-0.2, 0) is 0 Å². The van der Waals surface area contributed by atoms with Crippen LogP contribution >= 0.6 is 0 Å². The molecule has 0 spiro atoms. The van der Waals surface area contributed by atoms with Crippen LogP contribution in [0.1, 0.15) is 30.9 Å². The lowest BCUT2D eigenvalue weighted by Crippen LogP contribution is -2.18. The van der Waals surface area contributed by atoms with E-state index in [1.165, 1.54) is 11.1 Å². The molecule has 1 aromatic rings. The predicted molar refractivity (Wildman–Crippen MR) is 63.8 cm³/mol. The van der Waals surface area contributed by atoms with Gasteiger partial charge in [-0.25, -0.2) is 0 Å². The Morgan fingerprint density at radius 2 is 2.13 bits per heavy atom. The Hall–Kier alpha value is -1.49. The molecule has 1 rings (SSSR count). The van der Waals surface area contributed by atoms with Crippen molar-refractivity contribution in [3.63, 3.8) is 0 Å². The summed E-state index contributed by atoms with van der Waals surface area (Å²) in [7, 11) is 0. The normalized spacial score (nSPS) is 11.9. The van der Waals surface area contributed by atoms with Gasteiger partial charge in [-0.05, 0) is 37.5 Å². The molecule has 15 heavy (non-hydrogen) atoms. The zero-order valence-electron chi connectivity index (χ0n) is 9.67. The monoisotopic (exact) mass is 202 g/mol. The molecule has 0 bridgehead atoms. The Morgan fingerprint density at radius 1 is 1.40 bits per heavy atom. The third-order valence-electron chi connectivity index (χ3n) is 2.79. The summed E-state index contributed by atoms with van der Waals surface area (Å²) in [5, 5.41) is 12.1. The zero-order valence-corrected chi connectivity index (χ0v) is 9.67. The average Bonchev–Trinajstić information content (AvgIpc) is 2.24. The van der Waals surface area contributed by atoms with Crippen LogP contribution in [0.15, 0.2) is 18.2 Å². The van der Waals surface area contributed by atoms with Crippen LogP contribution in [0.25, 0.3) is 0 Å². The van der Waals surface area contributed by atoms with Crippen molar-refractivity contribution in [1.82, 2.24) is 0 Å². The van der Waals surface area contributed by atoms with Crippen molar-refractivity contribution >= 4 is 5.69 Å². The van der Waals surface area contributed by atoms with E-state index in [1.807, 2.05) is 6.07 Å². The van der Waals surface area contributed by atoms with Gasteiger partial charge in [0.25, 0.3) is 0 Å². The number of nitriles is 1. The first-order chi connectivity index (χ1) is 7.19. The minimum atomic E-state index is 0.260. The highest BCUT2D eigenvalue weighted by molar-refractivity contribution is 5.54. The molecule has 0 saturated heterocycles. The Balaban J connectivity index is 2.80. The van der Waals surface area contributed by atoms with E-state index in [1.54, 1.807) is 0 Å². The molecule has 2 heteroatoms. The Labute approximate surface area is 91.9 Å². The van der Waals surface area contributed by atoms with Crippen LogP contribution in [0.4, 0.5) is 5.69 Å². The molecule has 0 aliphatic carbocycles. The number of anilines is 1. The lowest BCUT2D eigenvalue weighted by atomic mass is 10.1. The van der Waals surface area contributed by atoms with Crippen LogP contribution in [0.3, 0.4) is 0 Å². The molecule has 80 valence electrons. The van der Waals surface area contributed by atoms with Gasteiger partial charge in [-0.1, -0.05) is 19.1 Å². The standard InChI is InChI=1S/C13H18N2/c1-4-12(8-9-14)15-13-7-5-6-10(2)11(13)3/h5-7,12,15H,4,8H2,1-3H3. The molecule has 0 aromatic heterocycles. The fourth-order valence-electron chi connectivity index (χ4n) is 1.53. The van der Waals surface area contributed by atoms with Crippen LogP contribution < -0.4 is 5.32 Å². The summed E-state index contributed by atoms with van der Waals surface area (Å²) in [5.41, 5.74) is 3.71. The molecular formula is C13H18N2. The summed E-state index contributed by atoms with van der Waals surface area (Å²) in [6, 6.07) is 8.69. The minimum Gasteiger partial charge on any atom is -0.381 e. The summed E-state index contributed by atoms with van der Waals surface area (Å²) < 4.78 is 0. The summed E-state index contributed by atoms with van der Waals surface area (Å²) in [5.74, 6) is 0. The van der Waals surface area contributed by atoms with Gasteiger partial charge in [0.05, 0.1) is 12.5 Å². The zero-order chi connectivity index (χ0) is 11.3. The minimum absolute atomic E-state index is 0.260. The maximum absolute atomic E-state index is 8.68. The van der Waals surface area contributed by atoms with Crippen molar-refractivity contribution in [2.24, 2.45) is 0 Å². The maximum Gasteiger partial charge on any atom is 0.0643 e. The summed E-state index contributed by atoms with van der Waals surface area (Å²) >= 11 is 0. The number of hydrogen-bond donors (Lipinski definition) is 1. The molecule has 0 radical (unpaired) electrons. The number of hydrogen-bond acceptors (Lipinski definition) is 2. The molecule has 0 aliphatic heterocycles. The Kier molecular flexibility index (Phi) is 4.17. The topological polar surface area (TPSA) is 35.8 Å². The number of benzene rings is 1. The third kappa shape index (κ3) is 2.99. The van der Waals surface area contributed by atoms with Crippen molar-refractivity contribution in [3.8, 4) is 6.07 Å². The molecule has 2 nitrogen and oxygen atoms in total. The van der Waals surface area contributed by atoms with Crippen LogP contribution in [0.2, 0.25) is 0 Å². The first kappa shape index (κ1) is 11.6. The van der Waals surface area contributed by atoms with Crippen molar-refractivity contribution in [3.05, 3.63) is 29.3 Å². The van der Waals surface area contributed by atoms with Crippen LogP contribution in [0.5, 0.6) is 0 Å². The van der Waals surface area contributed by atoms with Crippen LogP contribution in [0, 0.1) is 25.2 Å². The predicted octanol–water partition coefficient (Wildman–Crippen LogP) is 3.41. The SMILES string of the molecule is CCC(CC#N)Nc1cccc(C)c1C. The highest BCUT2D eigenvalue weighted by atomic mass is 14.9. The van der Waals surface area contributed by atoms with E-state index in [9.17, 15) is 0 Å². The number of aryl methyl sites for hydroxylation is 1. The fraction of sp³-hybridized carbons (Fsp3) is 0.462. The molecule has 0 aliphatic rings. The van der Waals surface area contributed by atoms with Gasteiger partial charge >= 0.3 is 0 Å². The molecule has 0 amide bonds. The van der Waals surface area contributed by atoms with Gasteiger partial charge in [-0.3, -0.25) is 0 Å². The fourth-order valence-corrected chi connectivity index (χ4v) is 1.53. The molecule has 1 unspecified atom stereocenters. The van der Waals surface area contributed by atoms with Gasteiger partial charge in [0.2, 0.25) is 0 Å². The smallest absolute Gasteiger partial charge is 0.0643 e. The number of nitrogens with one attached hydrogen (secondary N) is 1. The van der Waals surface area contributed by atoms with E-state index in [2.05, 4.69) is 44.3 Å². The molecular weight excluding hydrogens is 184 g/mol. The van der Waals surface area contributed by atoms with E-state index < -0.39 is 0 Å². The summed E-state index contributed by atoms with van der Waals surface area (Å²) in [6.07, 6.45) is 1.53. The highest BCUT2D eigenvalue weighted by Crippen LogP contribution is 2.20. The van der Waals surface area contributed by atoms with Crippen molar-refractivity contribution in [2.45, 2.75) is 39.7 Å². The van der Waals surface area contributed by atoms with E-state index >= 15 is 0 Å². The van der Waals surface area contributed by atoms with Gasteiger partial charge in [-0.2, -0.15) is 5.26 Å². The van der Waals surface area contributed by atoms with Crippen LogP contribution in [-0.4, -0.2) is 6.04 Å². The largest absolute Gasteiger partial charge is 0.381 e. The quantitative estimate of drug-likeness (QED) is 0.812. The first-order valence-corrected chi connectivity index (χ1v) is 5.38. The molecule has 0 heterocycles. The van der Waals surface area contributed by atoms with Gasteiger partial charge in [0.1, 0.15) is 0 Å². The van der Waals surface area contributed by atoms with Gasteiger partial charge in [-0.15, -0.1) is 0 Å². The van der Waals surface area contributed by atoms with Crippen molar-refractivity contribution in [1.29, 1.82) is 5.26 Å². The average molecular weight is 202 g/mol. The molecule has 1 N–H and O–H groups in total. The van der Waals surface area contributed by atoms with E-state index in [-0.39, 0.29) is 6.04 Å². The molecule has 1 aromatic carbocycles. The lowest BCUT2D eigenvalue weighted by Gasteiger charge is -2.17. The van der Waals surface area contributed by atoms with E-state index in [0.717, 1.165) is 12.1 Å². The third-order valence-corrected chi connectivity index (χ3v) is 2.79. The maximum atomic E-state index is 8.68. The lowest BCUT2D eigenvalue weighted by molar-refractivity contribution is 0.710. The van der Waals surface area contributed by atoms with Crippen molar-refractivity contribution < 1.29 is 0 Å².